The Bertz CT molecular complexity index is 795. The standard InChI is InChI=1S/C16H18ClN3O3S/c1-4-5-9-12(16(22)23-3)8(2)19-13(9)15(21)20-14(18)10-6-7-11(17)24-10/h6-7,19H,4-5H2,1-3H3,(H2,18,20,21). The fourth-order valence-electron chi connectivity index (χ4n) is 2.44. The minimum absolute atomic E-state index is 0.0359. The number of amides is 1. The number of carbonyl (C=O) groups is 2. The van der Waals surface area contributed by atoms with Crippen molar-refractivity contribution in [3.05, 3.63) is 43.9 Å². The van der Waals surface area contributed by atoms with E-state index < -0.39 is 11.9 Å². The SMILES string of the molecule is CCCc1c(C(=O)NC(=N)c2ccc(Cl)s2)[nH]c(C)c1C(=O)OC. The molecule has 6 nitrogen and oxygen atoms in total. The zero-order valence-corrected chi connectivity index (χ0v) is 15.2. The van der Waals surface area contributed by atoms with Crippen LogP contribution < -0.4 is 5.32 Å². The number of amidine groups is 1. The molecule has 0 spiro atoms. The van der Waals surface area contributed by atoms with E-state index in [1.54, 1.807) is 19.1 Å². The van der Waals surface area contributed by atoms with E-state index in [0.717, 1.165) is 6.42 Å². The molecule has 8 heteroatoms. The molecule has 0 atom stereocenters. The van der Waals surface area contributed by atoms with Crippen LogP contribution in [0, 0.1) is 12.3 Å². The molecule has 0 fully saturated rings. The van der Waals surface area contributed by atoms with Crippen LogP contribution in [0.3, 0.4) is 0 Å². The van der Waals surface area contributed by atoms with Crippen LogP contribution in [0.1, 0.15) is 50.3 Å². The van der Waals surface area contributed by atoms with Gasteiger partial charge in [-0.05, 0) is 31.0 Å². The first kappa shape index (κ1) is 18.2. The van der Waals surface area contributed by atoms with E-state index in [0.29, 0.717) is 32.5 Å². The van der Waals surface area contributed by atoms with Gasteiger partial charge in [0.05, 0.1) is 21.9 Å². The third-order valence-corrected chi connectivity index (χ3v) is 4.71. The summed E-state index contributed by atoms with van der Waals surface area (Å²) in [7, 11) is 1.31. The molecule has 0 radical (unpaired) electrons. The summed E-state index contributed by atoms with van der Waals surface area (Å²) < 4.78 is 5.35. The van der Waals surface area contributed by atoms with Gasteiger partial charge < -0.3 is 15.0 Å². The highest BCUT2D eigenvalue weighted by molar-refractivity contribution is 7.18. The minimum Gasteiger partial charge on any atom is -0.465 e. The number of aromatic amines is 1. The van der Waals surface area contributed by atoms with E-state index in [-0.39, 0.29) is 11.5 Å². The fraction of sp³-hybridized carbons (Fsp3) is 0.312. The minimum atomic E-state index is -0.480. The Kier molecular flexibility index (Phi) is 5.80. The third kappa shape index (κ3) is 3.68. The lowest BCUT2D eigenvalue weighted by atomic mass is 10.0. The molecule has 1 amide bonds. The maximum atomic E-state index is 12.5. The van der Waals surface area contributed by atoms with Crippen molar-refractivity contribution in [1.82, 2.24) is 10.3 Å². The Morgan fingerprint density at radius 1 is 1.42 bits per heavy atom. The maximum absolute atomic E-state index is 12.5. The number of methoxy groups -OCH3 is 1. The molecule has 24 heavy (non-hydrogen) atoms. The predicted octanol–water partition coefficient (Wildman–Crippen LogP) is 3.53. The van der Waals surface area contributed by atoms with Crippen LogP contribution in [0.25, 0.3) is 0 Å². The highest BCUT2D eigenvalue weighted by atomic mass is 35.5. The number of ether oxygens (including phenoxy) is 1. The second kappa shape index (κ2) is 7.63. The lowest BCUT2D eigenvalue weighted by molar-refractivity contribution is 0.0599. The molecule has 2 aromatic heterocycles. The van der Waals surface area contributed by atoms with Crippen molar-refractivity contribution in [2.45, 2.75) is 26.7 Å². The molecule has 0 aliphatic heterocycles. The van der Waals surface area contributed by atoms with Crippen molar-refractivity contribution in [2.75, 3.05) is 7.11 Å². The largest absolute Gasteiger partial charge is 0.465 e. The van der Waals surface area contributed by atoms with Crippen LogP contribution in [-0.4, -0.2) is 29.8 Å². The number of aryl methyl sites for hydroxylation is 1. The van der Waals surface area contributed by atoms with Gasteiger partial charge in [0.15, 0.2) is 0 Å². The summed E-state index contributed by atoms with van der Waals surface area (Å²) in [6, 6.07) is 3.33. The van der Waals surface area contributed by atoms with E-state index in [9.17, 15) is 9.59 Å². The summed E-state index contributed by atoms with van der Waals surface area (Å²) in [4.78, 5) is 28.0. The smallest absolute Gasteiger partial charge is 0.339 e. The molecule has 2 heterocycles. The summed E-state index contributed by atoms with van der Waals surface area (Å²) in [5.74, 6) is -0.983. The molecule has 0 unspecified atom stereocenters. The summed E-state index contributed by atoms with van der Waals surface area (Å²) in [5, 5.41) is 10.5. The van der Waals surface area contributed by atoms with Gasteiger partial charge in [0.25, 0.3) is 5.91 Å². The van der Waals surface area contributed by atoms with Crippen LogP contribution in [0.2, 0.25) is 4.34 Å². The monoisotopic (exact) mass is 367 g/mol. The second-order valence-corrected chi connectivity index (χ2v) is 6.87. The molecule has 2 rings (SSSR count). The van der Waals surface area contributed by atoms with E-state index in [2.05, 4.69) is 10.3 Å². The number of carbonyl (C=O) groups excluding carboxylic acids is 2. The Morgan fingerprint density at radius 2 is 2.12 bits per heavy atom. The van der Waals surface area contributed by atoms with Gasteiger partial charge in [-0.3, -0.25) is 10.2 Å². The number of halogens is 1. The lowest BCUT2D eigenvalue weighted by Crippen LogP contribution is -2.31. The van der Waals surface area contributed by atoms with Crippen molar-refractivity contribution < 1.29 is 14.3 Å². The molecular formula is C16H18ClN3O3S. The average Bonchev–Trinajstić information content (AvgIpc) is 3.11. The summed E-state index contributed by atoms with van der Waals surface area (Å²) in [6.07, 6.45) is 1.31. The molecular weight excluding hydrogens is 350 g/mol. The quantitative estimate of drug-likeness (QED) is 0.428. The van der Waals surface area contributed by atoms with Crippen LogP contribution in [0.4, 0.5) is 0 Å². The second-order valence-electron chi connectivity index (χ2n) is 5.15. The number of hydrogen-bond donors (Lipinski definition) is 3. The van der Waals surface area contributed by atoms with Gasteiger partial charge in [0.1, 0.15) is 11.5 Å². The number of thiophene rings is 1. The predicted molar refractivity (Wildman–Crippen MR) is 94.5 cm³/mol. The molecule has 3 N–H and O–H groups in total. The summed E-state index contributed by atoms with van der Waals surface area (Å²) in [6.45, 7) is 3.67. The van der Waals surface area contributed by atoms with Gasteiger partial charge in [-0.2, -0.15) is 0 Å². The van der Waals surface area contributed by atoms with Crippen LogP contribution in [-0.2, 0) is 11.2 Å². The van der Waals surface area contributed by atoms with Gasteiger partial charge >= 0.3 is 5.97 Å². The number of esters is 1. The summed E-state index contributed by atoms with van der Waals surface area (Å²) in [5.41, 5.74) is 1.84. The normalized spacial score (nSPS) is 10.5. The molecule has 0 aromatic carbocycles. The van der Waals surface area contributed by atoms with E-state index in [1.807, 2.05) is 6.92 Å². The Balaban J connectivity index is 2.31. The highest BCUT2D eigenvalue weighted by Crippen LogP contribution is 2.23. The Labute approximate surface area is 148 Å². The maximum Gasteiger partial charge on any atom is 0.339 e. The number of H-pyrrole nitrogens is 1. The summed E-state index contributed by atoms with van der Waals surface area (Å²) >= 11 is 7.06. The highest BCUT2D eigenvalue weighted by Gasteiger charge is 2.25. The number of nitrogens with one attached hydrogen (secondary N) is 3. The first-order valence-corrected chi connectivity index (χ1v) is 8.53. The number of rotatable bonds is 5. The number of aromatic nitrogens is 1. The zero-order chi connectivity index (χ0) is 17.9. The molecule has 128 valence electrons. The third-order valence-electron chi connectivity index (χ3n) is 3.47. The molecule has 0 aliphatic carbocycles. The van der Waals surface area contributed by atoms with Gasteiger partial charge in [0, 0.05) is 5.69 Å². The zero-order valence-electron chi connectivity index (χ0n) is 13.6. The lowest BCUT2D eigenvalue weighted by Gasteiger charge is -2.07. The molecule has 0 saturated carbocycles. The van der Waals surface area contributed by atoms with Crippen molar-refractivity contribution in [3.8, 4) is 0 Å². The molecule has 0 bridgehead atoms. The van der Waals surface area contributed by atoms with Crippen molar-refractivity contribution in [3.63, 3.8) is 0 Å². The van der Waals surface area contributed by atoms with Gasteiger partial charge in [-0.25, -0.2) is 4.79 Å². The molecule has 0 saturated heterocycles. The topological polar surface area (TPSA) is 95.0 Å². The van der Waals surface area contributed by atoms with Crippen molar-refractivity contribution in [2.24, 2.45) is 0 Å². The van der Waals surface area contributed by atoms with E-state index in [4.69, 9.17) is 21.7 Å². The Morgan fingerprint density at radius 3 is 2.67 bits per heavy atom. The van der Waals surface area contributed by atoms with Crippen molar-refractivity contribution >= 4 is 40.6 Å². The average molecular weight is 368 g/mol. The Hall–Kier alpha value is -2.12. The molecule has 2 aromatic rings. The first-order valence-electron chi connectivity index (χ1n) is 7.34. The van der Waals surface area contributed by atoms with Crippen molar-refractivity contribution in [1.29, 1.82) is 5.41 Å². The van der Waals surface area contributed by atoms with Gasteiger partial charge in [0.2, 0.25) is 0 Å². The van der Waals surface area contributed by atoms with E-state index >= 15 is 0 Å². The van der Waals surface area contributed by atoms with Gasteiger partial charge in [-0.1, -0.05) is 24.9 Å². The fourth-order valence-corrected chi connectivity index (χ4v) is 3.38. The molecule has 0 aliphatic rings. The first-order chi connectivity index (χ1) is 11.4. The number of hydrogen-bond acceptors (Lipinski definition) is 5. The van der Waals surface area contributed by atoms with Crippen LogP contribution in [0.15, 0.2) is 12.1 Å². The van der Waals surface area contributed by atoms with Crippen LogP contribution >= 0.6 is 22.9 Å². The van der Waals surface area contributed by atoms with E-state index in [1.165, 1.54) is 18.4 Å². The van der Waals surface area contributed by atoms with Crippen LogP contribution in [0.5, 0.6) is 0 Å². The van der Waals surface area contributed by atoms with Gasteiger partial charge in [-0.15, -0.1) is 11.3 Å².